The van der Waals surface area contributed by atoms with Crippen LogP contribution in [0.4, 0.5) is 14.5 Å². The molecule has 1 aromatic carbocycles. The molecule has 0 aliphatic rings. The summed E-state index contributed by atoms with van der Waals surface area (Å²) in [6.07, 6.45) is 1.20. The van der Waals surface area contributed by atoms with Gasteiger partial charge < -0.3 is 15.7 Å². The van der Waals surface area contributed by atoms with Crippen molar-refractivity contribution in [3.8, 4) is 0 Å². The van der Waals surface area contributed by atoms with E-state index in [1.165, 1.54) is 0 Å². The van der Waals surface area contributed by atoms with Gasteiger partial charge in [-0.1, -0.05) is 25.4 Å². The van der Waals surface area contributed by atoms with Crippen LogP contribution in [0.2, 0.25) is 5.02 Å². The van der Waals surface area contributed by atoms with Crippen LogP contribution in [0.1, 0.15) is 26.7 Å². The maximum absolute atomic E-state index is 13.6. The number of carbonyl (C=O) groups excluding carboxylic acids is 2. The first kappa shape index (κ1) is 19.3. The molecule has 0 heterocycles. The van der Waals surface area contributed by atoms with E-state index in [1.807, 2.05) is 19.2 Å². The number of nitrogens with one attached hydrogen (secondary N) is 2. The van der Waals surface area contributed by atoms with Gasteiger partial charge in [-0.25, -0.2) is 8.78 Å². The standard InChI is InChI=1S/C15H19ClF2N2O3/c1-3-15(4-2,8-21)7-19-13(22)14(23)20-12-10(17)5-9(16)6-11(12)18/h5-6,21H,3-4,7-8H2,1-2H3,(H,19,22)(H,20,23). The van der Waals surface area contributed by atoms with Gasteiger partial charge in [0.1, 0.15) is 5.69 Å². The molecule has 0 saturated carbocycles. The van der Waals surface area contributed by atoms with E-state index in [2.05, 4.69) is 5.32 Å². The number of aliphatic hydroxyl groups is 1. The Morgan fingerprint density at radius 1 is 1.17 bits per heavy atom. The molecule has 0 aliphatic heterocycles. The van der Waals surface area contributed by atoms with Crippen molar-refractivity contribution in [2.75, 3.05) is 18.5 Å². The predicted molar refractivity (Wildman–Crippen MR) is 83.1 cm³/mol. The molecule has 0 aromatic heterocycles. The van der Waals surface area contributed by atoms with Crippen molar-refractivity contribution in [3.63, 3.8) is 0 Å². The topological polar surface area (TPSA) is 78.4 Å². The van der Waals surface area contributed by atoms with Gasteiger partial charge in [-0.15, -0.1) is 0 Å². The van der Waals surface area contributed by atoms with Crippen molar-refractivity contribution in [1.82, 2.24) is 5.32 Å². The summed E-state index contributed by atoms with van der Waals surface area (Å²) >= 11 is 5.47. The van der Waals surface area contributed by atoms with Crippen LogP contribution in [0.25, 0.3) is 0 Å². The second kappa shape index (κ2) is 8.21. The largest absolute Gasteiger partial charge is 0.396 e. The van der Waals surface area contributed by atoms with Crippen molar-refractivity contribution < 1.29 is 23.5 Å². The third-order valence-corrected chi connectivity index (χ3v) is 4.13. The van der Waals surface area contributed by atoms with E-state index in [-0.39, 0.29) is 18.2 Å². The Labute approximate surface area is 138 Å². The average Bonchev–Trinajstić information content (AvgIpc) is 2.52. The molecule has 3 N–H and O–H groups in total. The van der Waals surface area contributed by atoms with Crippen molar-refractivity contribution in [1.29, 1.82) is 0 Å². The molecule has 128 valence electrons. The monoisotopic (exact) mass is 348 g/mol. The highest BCUT2D eigenvalue weighted by Crippen LogP contribution is 2.25. The zero-order chi connectivity index (χ0) is 17.6. The first-order valence-corrected chi connectivity index (χ1v) is 7.51. The van der Waals surface area contributed by atoms with E-state index in [0.717, 1.165) is 12.1 Å². The zero-order valence-corrected chi connectivity index (χ0v) is 13.6. The predicted octanol–water partition coefficient (Wildman–Crippen LogP) is 2.47. The Balaban J connectivity index is 2.74. The van der Waals surface area contributed by atoms with E-state index in [0.29, 0.717) is 12.8 Å². The Bertz CT molecular complexity index is 561. The fraction of sp³-hybridized carbons (Fsp3) is 0.467. The van der Waals surface area contributed by atoms with Crippen LogP contribution in [-0.2, 0) is 9.59 Å². The van der Waals surface area contributed by atoms with Crippen LogP contribution in [0, 0.1) is 17.0 Å². The molecule has 0 bridgehead atoms. The van der Waals surface area contributed by atoms with E-state index < -0.39 is 34.6 Å². The van der Waals surface area contributed by atoms with E-state index in [4.69, 9.17) is 11.6 Å². The fourth-order valence-corrected chi connectivity index (χ4v) is 2.15. The van der Waals surface area contributed by atoms with Crippen molar-refractivity contribution >= 4 is 29.1 Å². The molecule has 1 aromatic rings. The number of hydrogen-bond acceptors (Lipinski definition) is 3. The van der Waals surface area contributed by atoms with Gasteiger partial charge in [0, 0.05) is 17.0 Å². The zero-order valence-electron chi connectivity index (χ0n) is 12.9. The second-order valence-electron chi connectivity index (χ2n) is 5.25. The molecule has 1 rings (SSSR count). The number of halogens is 3. The molecule has 0 saturated heterocycles. The fourth-order valence-electron chi connectivity index (χ4n) is 1.96. The first-order chi connectivity index (χ1) is 10.8. The molecule has 0 atom stereocenters. The number of anilines is 1. The lowest BCUT2D eigenvalue weighted by molar-refractivity contribution is -0.136. The smallest absolute Gasteiger partial charge is 0.313 e. The second-order valence-corrected chi connectivity index (χ2v) is 5.68. The molecular formula is C15H19ClF2N2O3. The summed E-state index contributed by atoms with van der Waals surface area (Å²) in [7, 11) is 0. The lowest BCUT2D eigenvalue weighted by Crippen LogP contribution is -2.43. The van der Waals surface area contributed by atoms with E-state index >= 15 is 0 Å². The first-order valence-electron chi connectivity index (χ1n) is 7.13. The van der Waals surface area contributed by atoms with Gasteiger partial charge >= 0.3 is 11.8 Å². The highest BCUT2D eigenvalue weighted by molar-refractivity contribution is 6.39. The molecule has 0 fully saturated rings. The Kier molecular flexibility index (Phi) is 6.90. The van der Waals surface area contributed by atoms with Gasteiger partial charge in [-0.05, 0) is 25.0 Å². The summed E-state index contributed by atoms with van der Waals surface area (Å²) in [5, 5.41) is 13.5. The van der Waals surface area contributed by atoms with Crippen LogP contribution >= 0.6 is 11.6 Å². The van der Waals surface area contributed by atoms with Crippen molar-refractivity contribution in [3.05, 3.63) is 28.8 Å². The highest BCUT2D eigenvalue weighted by Gasteiger charge is 2.27. The van der Waals surface area contributed by atoms with Crippen LogP contribution in [-0.4, -0.2) is 30.1 Å². The molecule has 2 amide bonds. The number of benzene rings is 1. The molecular weight excluding hydrogens is 330 g/mol. The minimum absolute atomic E-state index is 0.0777. The van der Waals surface area contributed by atoms with Crippen LogP contribution in [0.3, 0.4) is 0 Å². The summed E-state index contributed by atoms with van der Waals surface area (Å²) in [4.78, 5) is 23.5. The third kappa shape index (κ3) is 4.87. The van der Waals surface area contributed by atoms with Gasteiger partial charge in [0.25, 0.3) is 0 Å². The van der Waals surface area contributed by atoms with Gasteiger partial charge in [0.15, 0.2) is 11.6 Å². The summed E-state index contributed by atoms with van der Waals surface area (Å²) in [6.45, 7) is 3.63. The quantitative estimate of drug-likeness (QED) is 0.691. The van der Waals surface area contributed by atoms with Gasteiger partial charge in [-0.3, -0.25) is 9.59 Å². The highest BCUT2D eigenvalue weighted by atomic mass is 35.5. The Hall–Kier alpha value is -1.73. The summed E-state index contributed by atoms with van der Waals surface area (Å²) < 4.78 is 27.1. The van der Waals surface area contributed by atoms with Crippen LogP contribution < -0.4 is 10.6 Å². The van der Waals surface area contributed by atoms with Gasteiger partial charge in [-0.2, -0.15) is 0 Å². The molecule has 23 heavy (non-hydrogen) atoms. The Morgan fingerprint density at radius 3 is 2.13 bits per heavy atom. The maximum atomic E-state index is 13.6. The van der Waals surface area contributed by atoms with E-state index in [9.17, 15) is 23.5 Å². The number of hydrogen-bond donors (Lipinski definition) is 3. The minimum Gasteiger partial charge on any atom is -0.396 e. The lowest BCUT2D eigenvalue weighted by atomic mass is 9.83. The van der Waals surface area contributed by atoms with Crippen LogP contribution in [0.15, 0.2) is 12.1 Å². The minimum atomic E-state index is -1.20. The van der Waals surface area contributed by atoms with E-state index in [1.54, 1.807) is 0 Å². The lowest BCUT2D eigenvalue weighted by Gasteiger charge is -2.29. The number of amides is 2. The summed E-state index contributed by atoms with van der Waals surface area (Å²) in [6, 6.07) is 1.65. The molecule has 8 heteroatoms. The van der Waals surface area contributed by atoms with Crippen molar-refractivity contribution in [2.45, 2.75) is 26.7 Å². The van der Waals surface area contributed by atoms with Crippen LogP contribution in [0.5, 0.6) is 0 Å². The molecule has 0 aliphatic carbocycles. The summed E-state index contributed by atoms with van der Waals surface area (Å²) in [5.74, 6) is -4.41. The van der Waals surface area contributed by atoms with Crippen molar-refractivity contribution in [2.24, 2.45) is 5.41 Å². The maximum Gasteiger partial charge on any atom is 0.313 e. The van der Waals surface area contributed by atoms with Gasteiger partial charge in [0.2, 0.25) is 0 Å². The molecule has 0 spiro atoms. The number of rotatable bonds is 6. The number of aliphatic hydroxyl groups excluding tert-OH is 1. The molecule has 5 nitrogen and oxygen atoms in total. The molecule has 0 unspecified atom stereocenters. The van der Waals surface area contributed by atoms with Gasteiger partial charge in [0.05, 0.1) is 6.61 Å². The number of carbonyl (C=O) groups is 2. The third-order valence-electron chi connectivity index (χ3n) is 3.91. The summed E-state index contributed by atoms with van der Waals surface area (Å²) in [5.41, 5.74) is -1.28. The Morgan fingerprint density at radius 2 is 1.70 bits per heavy atom. The molecule has 0 radical (unpaired) electrons. The SMILES string of the molecule is CCC(CC)(CO)CNC(=O)C(=O)Nc1c(F)cc(Cl)cc1F. The normalized spacial score (nSPS) is 11.2. The average molecular weight is 349 g/mol.